The van der Waals surface area contributed by atoms with Crippen LogP contribution in [0.2, 0.25) is 0 Å². The maximum atomic E-state index is 11.7. The maximum absolute atomic E-state index is 11.7. The van der Waals surface area contributed by atoms with Gasteiger partial charge in [0.25, 0.3) is 0 Å². The summed E-state index contributed by atoms with van der Waals surface area (Å²) >= 11 is 0. The lowest BCUT2D eigenvalue weighted by Gasteiger charge is -2.14. The predicted octanol–water partition coefficient (Wildman–Crippen LogP) is 3.01. The molecule has 0 aliphatic rings. The second kappa shape index (κ2) is 6.94. The van der Waals surface area contributed by atoms with Gasteiger partial charge in [-0.2, -0.15) is 0 Å². The van der Waals surface area contributed by atoms with E-state index in [1.54, 1.807) is 6.92 Å². The molecular weight excluding hydrogens is 228 g/mol. The highest BCUT2D eigenvalue weighted by Gasteiger charge is 2.20. The smallest absolute Gasteiger partial charge is 0.374 e. The Balaban J connectivity index is 2.70. The maximum Gasteiger partial charge on any atom is 0.374 e. The van der Waals surface area contributed by atoms with Gasteiger partial charge in [0.1, 0.15) is 0 Å². The molecule has 1 atom stereocenters. The summed E-state index contributed by atoms with van der Waals surface area (Å²) in [7, 11) is 0. The van der Waals surface area contributed by atoms with E-state index < -0.39 is 11.8 Å². The van der Waals surface area contributed by atoms with Gasteiger partial charge in [0.2, 0.25) is 5.78 Å². The van der Waals surface area contributed by atoms with Crippen LogP contribution < -0.4 is 0 Å². The second-order valence-electron chi connectivity index (χ2n) is 4.36. The number of hydrogen-bond donors (Lipinski definition) is 0. The van der Waals surface area contributed by atoms with Crippen LogP contribution in [-0.2, 0) is 14.3 Å². The van der Waals surface area contributed by atoms with E-state index in [4.69, 9.17) is 4.74 Å². The summed E-state index contributed by atoms with van der Waals surface area (Å²) in [5.74, 6) is -1.07. The van der Waals surface area contributed by atoms with Crippen LogP contribution in [0.3, 0.4) is 0 Å². The molecular formula is C15H20O3. The number of carbonyl (C=O) groups is 2. The molecule has 0 N–H and O–H groups in total. The van der Waals surface area contributed by atoms with Gasteiger partial charge in [0.15, 0.2) is 0 Å². The van der Waals surface area contributed by atoms with Crippen LogP contribution in [-0.4, -0.2) is 18.4 Å². The van der Waals surface area contributed by atoms with Crippen LogP contribution in [0.5, 0.6) is 0 Å². The number of ketones is 1. The van der Waals surface area contributed by atoms with Gasteiger partial charge in [-0.25, -0.2) is 4.79 Å². The van der Waals surface area contributed by atoms with Gasteiger partial charge in [-0.15, -0.1) is 0 Å². The lowest BCUT2D eigenvalue weighted by Crippen LogP contribution is -2.19. The molecule has 0 aliphatic carbocycles. The number of esters is 1. The lowest BCUT2D eigenvalue weighted by atomic mass is 9.91. The minimum atomic E-state index is -0.719. The third kappa shape index (κ3) is 3.99. The van der Waals surface area contributed by atoms with E-state index in [1.165, 1.54) is 5.56 Å². The quantitative estimate of drug-likeness (QED) is 0.574. The molecule has 98 valence electrons. The van der Waals surface area contributed by atoms with Crippen LogP contribution in [0.1, 0.15) is 43.7 Å². The van der Waals surface area contributed by atoms with Crippen LogP contribution in [0.4, 0.5) is 0 Å². The first-order valence-electron chi connectivity index (χ1n) is 6.35. The number of carbonyl (C=O) groups excluding carboxylic acids is 2. The van der Waals surface area contributed by atoms with E-state index in [1.807, 2.05) is 38.1 Å². The summed E-state index contributed by atoms with van der Waals surface area (Å²) in [6, 6.07) is 8.07. The molecule has 1 unspecified atom stereocenters. The van der Waals surface area contributed by atoms with Gasteiger partial charge in [-0.1, -0.05) is 36.8 Å². The van der Waals surface area contributed by atoms with Gasteiger partial charge < -0.3 is 4.74 Å². The van der Waals surface area contributed by atoms with Crippen LogP contribution in [0.15, 0.2) is 24.3 Å². The Hall–Kier alpha value is -1.64. The van der Waals surface area contributed by atoms with Crippen molar-refractivity contribution >= 4 is 11.8 Å². The highest BCUT2D eigenvalue weighted by Crippen LogP contribution is 2.24. The molecule has 1 aromatic rings. The largest absolute Gasteiger partial charge is 0.460 e. The van der Waals surface area contributed by atoms with Crippen molar-refractivity contribution in [1.82, 2.24) is 0 Å². The van der Waals surface area contributed by atoms with E-state index >= 15 is 0 Å². The number of benzene rings is 1. The zero-order valence-corrected chi connectivity index (χ0v) is 11.2. The highest BCUT2D eigenvalue weighted by atomic mass is 16.5. The van der Waals surface area contributed by atoms with Crippen LogP contribution in [0, 0.1) is 6.92 Å². The third-order valence-electron chi connectivity index (χ3n) is 2.98. The Morgan fingerprint density at radius 3 is 2.28 bits per heavy atom. The molecule has 0 amide bonds. The molecule has 0 bridgehead atoms. The molecule has 1 aromatic carbocycles. The van der Waals surface area contributed by atoms with E-state index in [2.05, 4.69) is 0 Å². The lowest BCUT2D eigenvalue weighted by molar-refractivity contribution is -0.153. The number of ether oxygens (including phenoxy) is 1. The van der Waals surface area contributed by atoms with Crippen molar-refractivity contribution in [2.24, 2.45) is 0 Å². The van der Waals surface area contributed by atoms with Crippen molar-refractivity contribution in [3.05, 3.63) is 35.4 Å². The standard InChI is InChI=1S/C15H20O3/c1-4-12(10-14(16)15(17)18-5-2)13-8-6-11(3)7-9-13/h6-9,12H,4-5,10H2,1-3H3. The highest BCUT2D eigenvalue weighted by molar-refractivity contribution is 6.33. The van der Waals surface area contributed by atoms with E-state index in [0.29, 0.717) is 0 Å². The molecule has 0 saturated carbocycles. The van der Waals surface area contributed by atoms with E-state index in [-0.39, 0.29) is 18.9 Å². The average Bonchev–Trinajstić information content (AvgIpc) is 2.37. The number of aryl methyl sites for hydroxylation is 1. The minimum absolute atomic E-state index is 0.0857. The summed E-state index contributed by atoms with van der Waals surface area (Å²) in [5, 5.41) is 0. The average molecular weight is 248 g/mol. The summed E-state index contributed by atoms with van der Waals surface area (Å²) < 4.78 is 4.72. The van der Waals surface area contributed by atoms with Crippen molar-refractivity contribution < 1.29 is 14.3 Å². The Morgan fingerprint density at radius 1 is 1.17 bits per heavy atom. The molecule has 3 nitrogen and oxygen atoms in total. The molecule has 0 aliphatic heterocycles. The minimum Gasteiger partial charge on any atom is -0.460 e. The topological polar surface area (TPSA) is 43.4 Å². The third-order valence-corrected chi connectivity index (χ3v) is 2.98. The molecule has 0 radical (unpaired) electrons. The van der Waals surface area contributed by atoms with Crippen LogP contribution in [0.25, 0.3) is 0 Å². The predicted molar refractivity (Wildman–Crippen MR) is 70.5 cm³/mol. The Labute approximate surface area is 108 Å². The Morgan fingerprint density at radius 2 is 1.78 bits per heavy atom. The molecule has 1 rings (SSSR count). The summed E-state index contributed by atoms with van der Waals surface area (Å²) in [5.41, 5.74) is 2.28. The molecule has 0 heterocycles. The fourth-order valence-electron chi connectivity index (χ4n) is 1.86. The number of rotatable bonds is 6. The first kappa shape index (κ1) is 14.4. The van der Waals surface area contributed by atoms with Crippen molar-refractivity contribution in [2.45, 2.75) is 39.5 Å². The molecule has 0 aromatic heterocycles. The van der Waals surface area contributed by atoms with Crippen molar-refractivity contribution in [1.29, 1.82) is 0 Å². The van der Waals surface area contributed by atoms with E-state index in [0.717, 1.165) is 12.0 Å². The first-order chi connectivity index (χ1) is 8.58. The van der Waals surface area contributed by atoms with Gasteiger partial charge >= 0.3 is 5.97 Å². The SMILES string of the molecule is CCOC(=O)C(=O)CC(CC)c1ccc(C)cc1. The van der Waals surface area contributed by atoms with Crippen molar-refractivity contribution in [2.75, 3.05) is 6.61 Å². The molecule has 18 heavy (non-hydrogen) atoms. The Bertz CT molecular complexity index is 406. The first-order valence-corrected chi connectivity index (χ1v) is 6.35. The summed E-state index contributed by atoms with van der Waals surface area (Å²) in [6.45, 7) is 5.98. The summed E-state index contributed by atoms with van der Waals surface area (Å²) in [6.07, 6.45) is 1.05. The normalized spacial score (nSPS) is 11.9. The summed E-state index contributed by atoms with van der Waals surface area (Å²) in [4.78, 5) is 23.0. The van der Waals surface area contributed by atoms with Gasteiger partial charge in [-0.3, -0.25) is 4.79 Å². The molecule has 3 heteroatoms. The molecule has 0 spiro atoms. The van der Waals surface area contributed by atoms with Crippen molar-refractivity contribution in [3.63, 3.8) is 0 Å². The second-order valence-corrected chi connectivity index (χ2v) is 4.36. The Kier molecular flexibility index (Phi) is 5.56. The molecule has 0 saturated heterocycles. The van der Waals surface area contributed by atoms with Gasteiger partial charge in [0.05, 0.1) is 6.61 Å². The monoisotopic (exact) mass is 248 g/mol. The number of Topliss-reactive ketones (excluding diaryl/α,β-unsaturated/α-hetero) is 1. The zero-order chi connectivity index (χ0) is 13.5. The van der Waals surface area contributed by atoms with Crippen LogP contribution >= 0.6 is 0 Å². The number of hydrogen-bond acceptors (Lipinski definition) is 3. The van der Waals surface area contributed by atoms with Gasteiger partial charge in [-0.05, 0) is 31.7 Å². The van der Waals surface area contributed by atoms with Gasteiger partial charge in [0, 0.05) is 6.42 Å². The zero-order valence-electron chi connectivity index (χ0n) is 11.2. The van der Waals surface area contributed by atoms with Crippen molar-refractivity contribution in [3.8, 4) is 0 Å². The fourth-order valence-corrected chi connectivity index (χ4v) is 1.86. The van der Waals surface area contributed by atoms with E-state index in [9.17, 15) is 9.59 Å². The fraction of sp³-hybridized carbons (Fsp3) is 0.467. The molecule has 0 fully saturated rings.